The van der Waals surface area contributed by atoms with Crippen LogP contribution in [0.3, 0.4) is 0 Å². The molecule has 12 aromatic rings. The third kappa shape index (κ3) is 18.5. The minimum Gasteiger partial charge on any atom is -0.397 e. The maximum atomic E-state index is 15.7. The van der Waals surface area contributed by atoms with Crippen LogP contribution >= 0.6 is 116 Å². The molecule has 12 heterocycles. The molecule has 42 heteroatoms. The third-order valence-electron chi connectivity index (χ3n) is 24.9. The molecule has 3 aliphatic rings. The van der Waals surface area contributed by atoms with Crippen LogP contribution in [0.25, 0.3) is 83.9 Å². The first-order valence-corrected chi connectivity index (χ1v) is 47.6. The van der Waals surface area contributed by atoms with Gasteiger partial charge in [0.05, 0.1) is 132 Å². The normalized spacial score (nSPS) is 16.6. The molecule has 6 N–H and O–H groups in total. The van der Waals surface area contributed by atoms with Crippen LogP contribution in [-0.2, 0) is 14.4 Å². The number of nitriles is 3. The SMILES string of the molecule is C=CC(=O)N1[C@H](C)CN(c2c(C#N)c(=O)n(-c3c(C)ccnc3C(C)C)c3nc(-c4c(F)c(N)c(Cl)c(F)c4Cl)c(Cl)cc23)C[C@@H]1C.C=CC(=O)N1[C@H](C)CN(c2c(C#N)c(=O)n(-c3c(C)ccnc3C(C)C)c3nc(-c4c(F)c(N)c(Cl)c(F)c4Cl)c(Cl)cc23)C[C@@H]1C.C=CC(=O)N1[C@H](C)CN(c2c(C#N)c(=O)n(-c3c(C)ccnc3C(C)C)c3nc(-c4c(N)c(Cl)c(F)c(Cl)c4Cl)c(Cl)cc23)C[C@@H]1C. The zero-order chi connectivity index (χ0) is 104. The topological polar surface area (TPSA) is 363 Å². The maximum absolute atomic E-state index is 15.7. The highest BCUT2D eigenvalue weighted by molar-refractivity contribution is 6.47. The monoisotopic (exact) mass is 2110 g/mol. The Kier molecular flexibility index (Phi) is 31.3. The fourth-order valence-electron chi connectivity index (χ4n) is 18.8. The van der Waals surface area contributed by atoms with Gasteiger partial charge >= 0.3 is 0 Å². The lowest BCUT2D eigenvalue weighted by Crippen LogP contribution is -2.58. The van der Waals surface area contributed by atoms with Crippen molar-refractivity contribution in [1.29, 1.82) is 15.8 Å². The number of nitrogens with zero attached hydrogens (tertiary/aromatic N) is 18. The van der Waals surface area contributed by atoms with Gasteiger partial charge in [0.15, 0.2) is 29.1 Å². The van der Waals surface area contributed by atoms with Crippen LogP contribution in [0.2, 0.25) is 50.2 Å². The summed E-state index contributed by atoms with van der Waals surface area (Å²) >= 11 is 63.7. The zero-order valence-corrected chi connectivity index (χ0v) is 85.9. The molecule has 15 rings (SSSR count). The van der Waals surface area contributed by atoms with Crippen LogP contribution in [-0.4, -0.2) is 152 Å². The van der Waals surface area contributed by atoms with E-state index in [1.54, 1.807) is 71.4 Å². The summed E-state index contributed by atoms with van der Waals surface area (Å²) in [6, 6.07) is 14.0. The third-order valence-corrected chi connectivity index (χ3v) is 28.5. The number of aromatic nitrogens is 9. The lowest BCUT2D eigenvalue weighted by atomic mass is 10.0. The van der Waals surface area contributed by atoms with Crippen molar-refractivity contribution in [2.75, 3.05) is 71.2 Å². The van der Waals surface area contributed by atoms with Crippen molar-refractivity contribution >= 4 is 201 Å². The largest absolute Gasteiger partial charge is 0.397 e. The Morgan fingerprint density at radius 2 is 0.624 bits per heavy atom. The molecule has 0 spiro atoms. The van der Waals surface area contributed by atoms with Crippen LogP contribution in [0.5, 0.6) is 0 Å². The van der Waals surface area contributed by atoms with Gasteiger partial charge < -0.3 is 46.6 Å². The van der Waals surface area contributed by atoms with Crippen molar-refractivity contribution in [2.24, 2.45) is 0 Å². The first-order valence-electron chi connectivity index (χ1n) is 43.9. The Morgan fingerprint density at radius 3 is 0.865 bits per heavy atom. The standard InChI is InChI=1S/C33H30Cl4FN7O2.2C33H30Cl3F2N7O2/c1-7-21(46)44-16(5)12-43(13-17(44)6)31-18-10-20(34)29(22-23(35)24(36)26(38)25(37)27(22)40)42-32(18)45(33(47)19(31)11-39)30-15(4)8-9-41-28(30)14(2)3;2*1-7-21(46)44-16(5)12-43(13-17(44)6)31-18-10-20(34)29(22-23(35)26(38)24(36)27(40)25(22)37)42-32(18)45(33(47)19(31)11-39)30-15(4)8-9-41-28(30)14(2)3/h3*7-10,14,16-17H,1,12-13,40H2,2-6H3/t3*16-,17+. The molecular formula is C99H90Cl10F5N21O6. The maximum Gasteiger partial charge on any atom is 0.276 e. The van der Waals surface area contributed by atoms with Gasteiger partial charge in [-0.05, 0) is 151 Å². The van der Waals surface area contributed by atoms with Gasteiger partial charge in [0, 0.05) is 116 Å². The predicted octanol–water partition coefficient (Wildman–Crippen LogP) is 22.1. The van der Waals surface area contributed by atoms with Crippen LogP contribution in [0.15, 0.2) is 107 Å². The van der Waals surface area contributed by atoms with Crippen LogP contribution in [0.4, 0.5) is 56.1 Å². The minimum atomic E-state index is -1.17. The summed E-state index contributed by atoms with van der Waals surface area (Å²) in [5.74, 6) is -6.82. The van der Waals surface area contributed by atoms with Crippen molar-refractivity contribution in [3.8, 4) is 69.0 Å². The summed E-state index contributed by atoms with van der Waals surface area (Å²) in [6.07, 6.45) is 8.61. The number of pyridine rings is 9. The number of nitrogen functional groups attached to an aromatic ring is 3. The lowest BCUT2D eigenvalue weighted by molar-refractivity contribution is -0.131. The fourth-order valence-corrected chi connectivity index (χ4v) is 21.3. The van der Waals surface area contributed by atoms with E-state index in [-0.39, 0.29) is 202 Å². The number of hydrogen-bond acceptors (Lipinski definition) is 21. The number of carbonyl (C=O) groups excluding carboxylic acids is 3. The number of hydrogen-bond donors (Lipinski definition) is 3. The second kappa shape index (κ2) is 41.7. The molecular weight excluding hydrogens is 2030 g/mol. The van der Waals surface area contributed by atoms with Gasteiger partial charge in [-0.25, -0.2) is 36.9 Å². The van der Waals surface area contributed by atoms with E-state index in [2.05, 4.69) is 62.9 Å². The van der Waals surface area contributed by atoms with E-state index in [1.807, 2.05) is 105 Å². The Bertz CT molecular complexity index is 6860. The van der Waals surface area contributed by atoms with E-state index in [9.17, 15) is 48.9 Å². The molecule has 0 radical (unpaired) electrons. The molecule has 0 saturated carbocycles. The molecule has 0 unspecified atom stereocenters. The molecule has 0 bridgehead atoms. The summed E-state index contributed by atoms with van der Waals surface area (Å²) in [6.45, 7) is 40.4. The molecule has 732 valence electrons. The number of fused-ring (bicyclic) bond motifs is 3. The molecule has 9 aromatic heterocycles. The van der Waals surface area contributed by atoms with Crippen molar-refractivity contribution in [3.63, 3.8) is 0 Å². The predicted molar refractivity (Wildman–Crippen MR) is 550 cm³/mol. The molecule has 6 atom stereocenters. The molecule has 27 nitrogen and oxygen atoms in total. The van der Waals surface area contributed by atoms with Gasteiger partial charge in [-0.2, -0.15) is 15.8 Å². The van der Waals surface area contributed by atoms with E-state index in [0.717, 1.165) is 0 Å². The van der Waals surface area contributed by atoms with E-state index in [1.165, 1.54) is 44.1 Å². The average molecular weight is 2120 g/mol. The van der Waals surface area contributed by atoms with Gasteiger partial charge in [0.2, 0.25) is 17.7 Å². The Labute approximate surface area is 856 Å². The average Bonchev–Trinajstić information content (AvgIpc) is 0.725. The first kappa shape index (κ1) is 106. The van der Waals surface area contributed by atoms with Gasteiger partial charge in [-0.3, -0.25) is 57.4 Å². The number of piperazine rings is 3. The minimum absolute atomic E-state index is 0.00921. The highest BCUT2D eigenvalue weighted by Crippen LogP contribution is 2.51. The highest BCUT2D eigenvalue weighted by Gasteiger charge is 2.42. The van der Waals surface area contributed by atoms with Crippen molar-refractivity contribution < 1.29 is 36.3 Å². The summed E-state index contributed by atoms with van der Waals surface area (Å²) in [7, 11) is 0. The number of carbonyl (C=O) groups is 3. The molecule has 0 aliphatic carbocycles. The van der Waals surface area contributed by atoms with Gasteiger partial charge in [-0.15, -0.1) is 0 Å². The Hall–Kier alpha value is -12.4. The first-order chi connectivity index (χ1) is 66.5. The highest BCUT2D eigenvalue weighted by atomic mass is 35.5. The number of benzene rings is 3. The smallest absolute Gasteiger partial charge is 0.276 e. The van der Waals surface area contributed by atoms with Crippen molar-refractivity contribution in [1.82, 2.24) is 58.3 Å². The molecule has 3 saturated heterocycles. The number of anilines is 6. The van der Waals surface area contributed by atoms with E-state index in [0.29, 0.717) is 75.0 Å². The molecule has 3 aliphatic heterocycles. The van der Waals surface area contributed by atoms with Gasteiger partial charge in [0.1, 0.15) is 66.9 Å². The Balaban J connectivity index is 0.000000178. The van der Waals surface area contributed by atoms with Crippen molar-refractivity contribution in [3.05, 3.63) is 254 Å². The van der Waals surface area contributed by atoms with Crippen LogP contribution < -0.4 is 48.6 Å². The second-order valence-corrected chi connectivity index (χ2v) is 39.2. The molecule has 3 amide bonds. The summed E-state index contributed by atoms with van der Waals surface area (Å²) in [5.41, 5.74) is 17.5. The summed E-state index contributed by atoms with van der Waals surface area (Å²) in [4.78, 5) is 120. The van der Waals surface area contributed by atoms with E-state index in [4.69, 9.17) is 138 Å². The summed E-state index contributed by atoms with van der Waals surface area (Å²) < 4.78 is 80.0. The zero-order valence-electron chi connectivity index (χ0n) is 78.4. The molecule has 3 fully saturated rings. The van der Waals surface area contributed by atoms with Crippen LogP contribution in [0, 0.1) is 83.9 Å². The number of amides is 3. The number of rotatable bonds is 15. The number of aryl methyl sites for hydroxylation is 3. The van der Waals surface area contributed by atoms with Gasteiger partial charge in [0.25, 0.3) is 16.7 Å². The molecule has 3 aromatic carbocycles. The van der Waals surface area contributed by atoms with Crippen LogP contribution in [0.1, 0.15) is 151 Å². The second-order valence-electron chi connectivity index (χ2n) is 35.3. The lowest BCUT2D eigenvalue weighted by Gasteiger charge is -2.45. The van der Waals surface area contributed by atoms with Gasteiger partial charge in [-0.1, -0.05) is 177 Å². The number of halogens is 15. The summed E-state index contributed by atoms with van der Waals surface area (Å²) in [5, 5.41) is 28.2. The molecule has 141 heavy (non-hydrogen) atoms. The van der Waals surface area contributed by atoms with E-state index >= 15 is 17.6 Å². The Morgan fingerprint density at radius 1 is 0.383 bits per heavy atom. The quantitative estimate of drug-likeness (QED) is 0.0282. The van der Waals surface area contributed by atoms with Crippen molar-refractivity contribution in [2.45, 2.75) is 158 Å². The number of nitrogens with two attached hydrogens (primary N) is 3. The van der Waals surface area contributed by atoms with E-state index < -0.39 is 98.4 Å². The fraction of sp³-hybridized carbons (Fsp3) is 0.303.